The summed E-state index contributed by atoms with van der Waals surface area (Å²) in [5.41, 5.74) is 6.20. The summed E-state index contributed by atoms with van der Waals surface area (Å²) in [6.07, 6.45) is 3.78. The molecule has 0 saturated carbocycles. The molecular formula is C13H26N2O2. The maximum atomic E-state index is 5.94. The summed E-state index contributed by atoms with van der Waals surface area (Å²) in [6, 6.07) is 0. The number of rotatable bonds is 5. The minimum absolute atomic E-state index is 0.265. The van der Waals surface area contributed by atoms with Gasteiger partial charge in [0.25, 0.3) is 0 Å². The Morgan fingerprint density at radius 3 is 2.65 bits per heavy atom. The summed E-state index contributed by atoms with van der Waals surface area (Å²) in [5.74, 6) is 0.671. The summed E-state index contributed by atoms with van der Waals surface area (Å²) in [6.45, 7) is 7.67. The molecule has 2 atom stereocenters. The molecule has 2 aliphatic heterocycles. The van der Waals surface area contributed by atoms with Gasteiger partial charge in [-0.05, 0) is 44.1 Å². The van der Waals surface area contributed by atoms with Crippen molar-refractivity contribution in [3.8, 4) is 0 Å². The molecule has 2 unspecified atom stereocenters. The van der Waals surface area contributed by atoms with Crippen LogP contribution < -0.4 is 11.1 Å². The zero-order valence-electron chi connectivity index (χ0n) is 10.9. The second-order valence-corrected chi connectivity index (χ2v) is 5.57. The van der Waals surface area contributed by atoms with Crippen molar-refractivity contribution < 1.29 is 9.47 Å². The van der Waals surface area contributed by atoms with Crippen LogP contribution >= 0.6 is 0 Å². The van der Waals surface area contributed by atoms with E-state index in [9.17, 15) is 0 Å². The first-order valence-corrected chi connectivity index (χ1v) is 6.86. The Morgan fingerprint density at radius 1 is 1.29 bits per heavy atom. The van der Waals surface area contributed by atoms with E-state index >= 15 is 0 Å². The molecule has 3 N–H and O–H groups in total. The molecule has 0 bridgehead atoms. The maximum absolute atomic E-state index is 5.94. The average molecular weight is 242 g/mol. The van der Waals surface area contributed by atoms with Gasteiger partial charge in [0.15, 0.2) is 0 Å². The zero-order chi connectivity index (χ0) is 12.1. The molecule has 0 aromatic heterocycles. The lowest BCUT2D eigenvalue weighted by molar-refractivity contribution is 0.0183. The van der Waals surface area contributed by atoms with Crippen LogP contribution in [0, 0.1) is 11.3 Å². The summed E-state index contributed by atoms with van der Waals surface area (Å²) in [4.78, 5) is 0. The zero-order valence-corrected chi connectivity index (χ0v) is 10.9. The van der Waals surface area contributed by atoms with Crippen molar-refractivity contribution >= 4 is 0 Å². The molecule has 2 fully saturated rings. The Labute approximate surface area is 104 Å². The molecule has 0 aliphatic carbocycles. The molecule has 2 heterocycles. The molecule has 0 spiro atoms. The molecule has 0 radical (unpaired) electrons. The third-order valence-electron chi connectivity index (χ3n) is 4.43. The predicted octanol–water partition coefficient (Wildman–Crippen LogP) is 0.757. The van der Waals surface area contributed by atoms with Gasteiger partial charge in [-0.15, -0.1) is 0 Å². The second-order valence-electron chi connectivity index (χ2n) is 5.57. The number of nitrogens with one attached hydrogen (secondary N) is 1. The van der Waals surface area contributed by atoms with Crippen LogP contribution in [0.5, 0.6) is 0 Å². The monoisotopic (exact) mass is 242 g/mol. The van der Waals surface area contributed by atoms with Crippen LogP contribution in [0.2, 0.25) is 0 Å². The molecule has 2 rings (SSSR count). The number of hydrogen-bond donors (Lipinski definition) is 2. The number of nitrogens with two attached hydrogens (primary N) is 1. The topological polar surface area (TPSA) is 56.5 Å². The number of ether oxygens (including phenoxy) is 2. The number of hydrogen-bond acceptors (Lipinski definition) is 4. The minimum Gasteiger partial charge on any atom is -0.381 e. The van der Waals surface area contributed by atoms with Crippen LogP contribution in [0.4, 0.5) is 0 Å². The summed E-state index contributed by atoms with van der Waals surface area (Å²) >= 11 is 0. The molecule has 4 heteroatoms. The van der Waals surface area contributed by atoms with Crippen molar-refractivity contribution in [2.45, 2.75) is 32.3 Å². The van der Waals surface area contributed by atoms with E-state index in [1.807, 2.05) is 0 Å². The van der Waals surface area contributed by atoms with Crippen molar-refractivity contribution in [1.82, 2.24) is 5.32 Å². The van der Waals surface area contributed by atoms with Crippen molar-refractivity contribution in [3.05, 3.63) is 0 Å². The van der Waals surface area contributed by atoms with E-state index < -0.39 is 0 Å². The lowest BCUT2D eigenvalue weighted by Gasteiger charge is -2.36. The van der Waals surface area contributed by atoms with Crippen molar-refractivity contribution in [2.24, 2.45) is 17.1 Å². The van der Waals surface area contributed by atoms with Gasteiger partial charge < -0.3 is 20.5 Å². The van der Waals surface area contributed by atoms with Crippen molar-refractivity contribution in [2.75, 3.05) is 39.5 Å². The summed E-state index contributed by atoms with van der Waals surface area (Å²) in [5, 5.41) is 3.60. The van der Waals surface area contributed by atoms with Crippen LogP contribution in [0.1, 0.15) is 26.2 Å². The minimum atomic E-state index is 0.265. The van der Waals surface area contributed by atoms with E-state index in [0.717, 1.165) is 52.3 Å². The van der Waals surface area contributed by atoms with Gasteiger partial charge in [-0.3, -0.25) is 0 Å². The van der Waals surface area contributed by atoms with Crippen molar-refractivity contribution in [3.63, 3.8) is 0 Å². The largest absolute Gasteiger partial charge is 0.381 e. The van der Waals surface area contributed by atoms with Crippen LogP contribution in [-0.4, -0.2) is 45.6 Å². The molecular weight excluding hydrogens is 216 g/mol. The smallest absolute Gasteiger partial charge is 0.0588 e. The van der Waals surface area contributed by atoms with Gasteiger partial charge in [-0.2, -0.15) is 0 Å². The fraction of sp³-hybridized carbons (Fsp3) is 1.00. The first-order chi connectivity index (χ1) is 8.26. The van der Waals surface area contributed by atoms with Gasteiger partial charge in [0.05, 0.1) is 6.10 Å². The van der Waals surface area contributed by atoms with Crippen LogP contribution in [0.25, 0.3) is 0 Å². The van der Waals surface area contributed by atoms with Gasteiger partial charge >= 0.3 is 0 Å². The van der Waals surface area contributed by atoms with Gasteiger partial charge in [0, 0.05) is 32.9 Å². The molecule has 100 valence electrons. The second kappa shape index (κ2) is 6.14. The predicted molar refractivity (Wildman–Crippen MR) is 67.9 cm³/mol. The molecule has 0 amide bonds. The van der Waals surface area contributed by atoms with E-state index in [0.29, 0.717) is 12.0 Å². The standard InChI is InChI=1S/C13H26N2O2/c1-11-12(2-5-17-11)8-15-10-13(9-14)3-6-16-7-4-13/h11-12,15H,2-10,14H2,1H3. The van der Waals surface area contributed by atoms with E-state index in [4.69, 9.17) is 15.2 Å². The Hall–Kier alpha value is -0.160. The first kappa shape index (κ1) is 13.3. The highest BCUT2D eigenvalue weighted by molar-refractivity contribution is 4.86. The lowest BCUT2D eigenvalue weighted by Crippen LogP contribution is -2.45. The maximum Gasteiger partial charge on any atom is 0.0588 e. The molecule has 17 heavy (non-hydrogen) atoms. The highest BCUT2D eigenvalue weighted by Crippen LogP contribution is 2.28. The van der Waals surface area contributed by atoms with E-state index in [2.05, 4.69) is 12.2 Å². The Morgan fingerprint density at radius 2 is 2.06 bits per heavy atom. The highest BCUT2D eigenvalue weighted by atomic mass is 16.5. The van der Waals surface area contributed by atoms with E-state index in [1.165, 1.54) is 6.42 Å². The summed E-state index contributed by atoms with van der Waals surface area (Å²) < 4.78 is 11.0. The Bertz CT molecular complexity index is 229. The van der Waals surface area contributed by atoms with E-state index in [1.54, 1.807) is 0 Å². The van der Waals surface area contributed by atoms with Crippen molar-refractivity contribution in [1.29, 1.82) is 0 Å². The average Bonchev–Trinajstić information content (AvgIpc) is 2.76. The fourth-order valence-electron chi connectivity index (χ4n) is 2.82. The van der Waals surface area contributed by atoms with E-state index in [-0.39, 0.29) is 5.41 Å². The van der Waals surface area contributed by atoms with Crippen LogP contribution in [0.3, 0.4) is 0 Å². The Kier molecular flexibility index (Phi) is 4.79. The molecule has 0 aromatic carbocycles. The van der Waals surface area contributed by atoms with Gasteiger partial charge in [0.1, 0.15) is 0 Å². The quantitative estimate of drug-likeness (QED) is 0.747. The highest BCUT2D eigenvalue weighted by Gasteiger charge is 2.31. The molecule has 0 aromatic rings. The lowest BCUT2D eigenvalue weighted by atomic mass is 9.80. The SMILES string of the molecule is CC1OCCC1CNCC1(CN)CCOCC1. The van der Waals surface area contributed by atoms with Gasteiger partial charge in [0.2, 0.25) is 0 Å². The molecule has 2 aliphatic rings. The van der Waals surface area contributed by atoms with Crippen LogP contribution in [0.15, 0.2) is 0 Å². The summed E-state index contributed by atoms with van der Waals surface area (Å²) in [7, 11) is 0. The first-order valence-electron chi connectivity index (χ1n) is 6.86. The molecule has 4 nitrogen and oxygen atoms in total. The fourth-order valence-corrected chi connectivity index (χ4v) is 2.82. The Balaban J connectivity index is 1.72. The third-order valence-corrected chi connectivity index (χ3v) is 4.43. The normalized spacial score (nSPS) is 32.8. The molecule has 2 saturated heterocycles. The van der Waals surface area contributed by atoms with Gasteiger partial charge in [-0.1, -0.05) is 0 Å². The van der Waals surface area contributed by atoms with Crippen LogP contribution in [-0.2, 0) is 9.47 Å². The van der Waals surface area contributed by atoms with Gasteiger partial charge in [-0.25, -0.2) is 0 Å². The third kappa shape index (κ3) is 3.41.